The summed E-state index contributed by atoms with van der Waals surface area (Å²) in [4.78, 5) is 4.06. The van der Waals surface area contributed by atoms with Crippen LogP contribution in [-0.2, 0) is 6.54 Å². The van der Waals surface area contributed by atoms with E-state index in [4.69, 9.17) is 4.74 Å². The fourth-order valence-corrected chi connectivity index (χ4v) is 1.87. The minimum absolute atomic E-state index is 0.231. The summed E-state index contributed by atoms with van der Waals surface area (Å²) < 4.78 is 18.4. The third-order valence-electron chi connectivity index (χ3n) is 2.69. The predicted molar refractivity (Wildman–Crippen MR) is 68.9 cm³/mol. The predicted octanol–water partition coefficient (Wildman–Crippen LogP) is 2.62. The Morgan fingerprint density at radius 1 is 1.28 bits per heavy atom. The van der Waals surface area contributed by atoms with Crippen molar-refractivity contribution in [2.24, 2.45) is 0 Å². The van der Waals surface area contributed by atoms with Crippen molar-refractivity contribution in [3.05, 3.63) is 47.9 Å². The molecule has 0 saturated carbocycles. The molecule has 4 heteroatoms. The fraction of sp³-hybridized carbons (Fsp3) is 0.214. The van der Waals surface area contributed by atoms with Crippen LogP contribution < -0.4 is 10.1 Å². The van der Waals surface area contributed by atoms with Gasteiger partial charge in [-0.05, 0) is 41.9 Å². The zero-order valence-corrected chi connectivity index (χ0v) is 10.4. The second kappa shape index (κ2) is 5.60. The van der Waals surface area contributed by atoms with E-state index in [1.54, 1.807) is 25.4 Å². The van der Waals surface area contributed by atoms with Crippen LogP contribution in [0.3, 0.4) is 0 Å². The lowest BCUT2D eigenvalue weighted by atomic mass is 10.0. The Kier molecular flexibility index (Phi) is 3.89. The molecule has 0 fully saturated rings. The first kappa shape index (κ1) is 12.5. The highest BCUT2D eigenvalue weighted by Crippen LogP contribution is 2.26. The number of benzene rings is 1. The molecule has 0 radical (unpaired) electrons. The summed E-state index contributed by atoms with van der Waals surface area (Å²) in [6, 6.07) is 8.50. The first-order valence-electron chi connectivity index (χ1n) is 5.68. The maximum absolute atomic E-state index is 13.3. The molecule has 0 aliphatic heterocycles. The topological polar surface area (TPSA) is 34.2 Å². The smallest absolute Gasteiger partial charge is 0.213 e. The molecule has 0 atom stereocenters. The van der Waals surface area contributed by atoms with Gasteiger partial charge in [-0.15, -0.1) is 0 Å². The Morgan fingerprint density at radius 2 is 2.11 bits per heavy atom. The lowest BCUT2D eigenvalue weighted by Crippen LogP contribution is -2.06. The minimum atomic E-state index is -0.231. The molecule has 94 valence electrons. The van der Waals surface area contributed by atoms with Crippen LogP contribution in [-0.4, -0.2) is 19.1 Å². The zero-order chi connectivity index (χ0) is 13.0. The van der Waals surface area contributed by atoms with Crippen LogP contribution in [0.25, 0.3) is 11.1 Å². The number of methoxy groups -OCH3 is 1. The van der Waals surface area contributed by atoms with Crippen molar-refractivity contribution in [2.75, 3.05) is 14.2 Å². The summed E-state index contributed by atoms with van der Waals surface area (Å²) in [5, 5.41) is 3.04. The van der Waals surface area contributed by atoms with Crippen LogP contribution in [0.4, 0.5) is 4.39 Å². The van der Waals surface area contributed by atoms with Crippen molar-refractivity contribution in [3.63, 3.8) is 0 Å². The average Bonchev–Trinajstić information content (AvgIpc) is 2.39. The van der Waals surface area contributed by atoms with Gasteiger partial charge in [-0.3, -0.25) is 0 Å². The largest absolute Gasteiger partial charge is 0.481 e. The maximum atomic E-state index is 13.3. The number of aromatic nitrogens is 1. The van der Waals surface area contributed by atoms with Gasteiger partial charge in [0.1, 0.15) is 5.82 Å². The number of rotatable bonds is 4. The summed E-state index contributed by atoms with van der Waals surface area (Å²) in [6.45, 7) is 0.609. The molecule has 0 unspecified atom stereocenters. The summed E-state index contributed by atoms with van der Waals surface area (Å²) in [5.41, 5.74) is 2.85. The number of nitrogens with zero attached hydrogens (tertiary/aromatic N) is 1. The van der Waals surface area contributed by atoms with E-state index in [0.717, 1.165) is 16.7 Å². The summed E-state index contributed by atoms with van der Waals surface area (Å²) in [5.74, 6) is 0.317. The number of nitrogens with one attached hydrogen (secondary N) is 1. The van der Waals surface area contributed by atoms with Crippen LogP contribution in [0.1, 0.15) is 5.56 Å². The molecule has 1 aromatic heterocycles. The normalized spacial score (nSPS) is 10.4. The van der Waals surface area contributed by atoms with E-state index >= 15 is 0 Å². The first-order valence-corrected chi connectivity index (χ1v) is 5.68. The Balaban J connectivity index is 2.48. The second-order valence-corrected chi connectivity index (χ2v) is 3.92. The molecular weight excluding hydrogens is 231 g/mol. The molecule has 1 aromatic carbocycles. The monoisotopic (exact) mass is 246 g/mol. The quantitative estimate of drug-likeness (QED) is 0.900. The van der Waals surface area contributed by atoms with E-state index in [1.165, 1.54) is 6.07 Å². The van der Waals surface area contributed by atoms with E-state index in [2.05, 4.69) is 10.3 Å². The SMILES string of the molecule is CNCc1cc(F)ccc1-c1ccnc(OC)c1. The van der Waals surface area contributed by atoms with Gasteiger partial charge in [0.2, 0.25) is 5.88 Å². The second-order valence-electron chi connectivity index (χ2n) is 3.92. The highest BCUT2D eigenvalue weighted by atomic mass is 19.1. The molecule has 0 bridgehead atoms. The zero-order valence-electron chi connectivity index (χ0n) is 10.4. The van der Waals surface area contributed by atoms with E-state index in [0.29, 0.717) is 12.4 Å². The van der Waals surface area contributed by atoms with E-state index in [1.807, 2.05) is 19.2 Å². The van der Waals surface area contributed by atoms with Gasteiger partial charge in [0.25, 0.3) is 0 Å². The van der Waals surface area contributed by atoms with Crippen molar-refractivity contribution < 1.29 is 9.13 Å². The number of hydrogen-bond donors (Lipinski definition) is 1. The van der Waals surface area contributed by atoms with Crippen molar-refractivity contribution in [2.45, 2.75) is 6.54 Å². The molecule has 3 nitrogen and oxygen atoms in total. The highest BCUT2D eigenvalue weighted by molar-refractivity contribution is 5.68. The molecule has 18 heavy (non-hydrogen) atoms. The summed E-state index contributed by atoms with van der Waals surface area (Å²) in [6.07, 6.45) is 1.68. The van der Waals surface area contributed by atoms with Crippen LogP contribution in [0.15, 0.2) is 36.5 Å². The van der Waals surface area contributed by atoms with Gasteiger partial charge in [-0.1, -0.05) is 6.07 Å². The lowest BCUT2D eigenvalue weighted by molar-refractivity contribution is 0.398. The van der Waals surface area contributed by atoms with Gasteiger partial charge in [0.15, 0.2) is 0 Å². The Labute approximate surface area is 106 Å². The standard InChI is InChI=1S/C14H15FN2O/c1-16-9-11-7-12(15)3-4-13(11)10-5-6-17-14(8-10)18-2/h3-8,16H,9H2,1-2H3. The Bertz CT molecular complexity index is 543. The van der Waals surface area contributed by atoms with Gasteiger partial charge >= 0.3 is 0 Å². The molecule has 1 heterocycles. The summed E-state index contributed by atoms with van der Waals surface area (Å²) >= 11 is 0. The number of pyridine rings is 1. The number of hydrogen-bond acceptors (Lipinski definition) is 3. The molecule has 0 aliphatic rings. The van der Waals surface area contributed by atoms with E-state index in [9.17, 15) is 4.39 Å². The van der Waals surface area contributed by atoms with Crippen molar-refractivity contribution in [1.82, 2.24) is 10.3 Å². The molecule has 0 amide bonds. The maximum Gasteiger partial charge on any atom is 0.213 e. The molecule has 0 aliphatic carbocycles. The third kappa shape index (κ3) is 2.65. The molecular formula is C14H15FN2O. The highest BCUT2D eigenvalue weighted by Gasteiger charge is 2.07. The van der Waals surface area contributed by atoms with Crippen LogP contribution in [0.2, 0.25) is 0 Å². The van der Waals surface area contributed by atoms with E-state index < -0.39 is 0 Å². The van der Waals surface area contributed by atoms with Crippen LogP contribution in [0.5, 0.6) is 5.88 Å². The first-order chi connectivity index (χ1) is 8.74. The van der Waals surface area contributed by atoms with Gasteiger partial charge in [-0.25, -0.2) is 9.37 Å². The lowest BCUT2D eigenvalue weighted by Gasteiger charge is -2.10. The summed E-state index contributed by atoms with van der Waals surface area (Å²) in [7, 11) is 3.41. The number of ether oxygens (including phenoxy) is 1. The molecule has 0 saturated heterocycles. The molecule has 2 aromatic rings. The van der Waals surface area contributed by atoms with Gasteiger partial charge in [-0.2, -0.15) is 0 Å². The van der Waals surface area contributed by atoms with Crippen LogP contribution in [0, 0.1) is 5.82 Å². The van der Waals surface area contributed by atoms with Gasteiger partial charge < -0.3 is 10.1 Å². The minimum Gasteiger partial charge on any atom is -0.481 e. The third-order valence-corrected chi connectivity index (χ3v) is 2.69. The van der Waals surface area contributed by atoms with Gasteiger partial charge in [0.05, 0.1) is 7.11 Å². The van der Waals surface area contributed by atoms with Crippen molar-refractivity contribution >= 4 is 0 Å². The average molecular weight is 246 g/mol. The van der Waals surface area contributed by atoms with Crippen molar-refractivity contribution in [1.29, 1.82) is 0 Å². The van der Waals surface area contributed by atoms with Gasteiger partial charge in [0, 0.05) is 18.8 Å². The molecule has 2 rings (SSSR count). The Morgan fingerprint density at radius 3 is 2.83 bits per heavy atom. The van der Waals surface area contributed by atoms with Crippen molar-refractivity contribution in [3.8, 4) is 17.0 Å². The fourth-order valence-electron chi connectivity index (χ4n) is 1.87. The number of halogens is 1. The van der Waals surface area contributed by atoms with E-state index in [-0.39, 0.29) is 5.82 Å². The molecule has 1 N–H and O–H groups in total. The Hall–Kier alpha value is -1.94. The van der Waals surface area contributed by atoms with Crippen LogP contribution >= 0.6 is 0 Å². The molecule has 0 spiro atoms.